The van der Waals surface area contributed by atoms with Crippen molar-refractivity contribution in [3.63, 3.8) is 0 Å². The Balaban J connectivity index is 1.91. The zero-order valence-corrected chi connectivity index (χ0v) is 15.0. The molecule has 0 bridgehead atoms. The summed E-state index contributed by atoms with van der Waals surface area (Å²) in [6.45, 7) is 0. The zero-order valence-electron chi connectivity index (χ0n) is 14.2. The largest absolute Gasteiger partial charge is 0.480 e. The molecule has 0 heterocycles. The third kappa shape index (κ3) is 4.14. The summed E-state index contributed by atoms with van der Waals surface area (Å²) in [4.78, 5) is 11.7. The highest BCUT2D eigenvalue weighted by atomic mass is 32.2. The lowest BCUT2D eigenvalue weighted by molar-refractivity contribution is -0.138. The molecule has 0 unspecified atom stereocenters. The molecule has 6 nitrogen and oxygen atoms in total. The molecule has 3 aromatic rings. The van der Waals surface area contributed by atoms with Crippen molar-refractivity contribution in [1.82, 2.24) is 4.72 Å². The number of nitrogens with one attached hydrogen (secondary N) is 1. The maximum absolute atomic E-state index is 12.8. The molecule has 0 radical (unpaired) electrons. The van der Waals surface area contributed by atoms with Crippen LogP contribution in [-0.4, -0.2) is 25.5 Å². The highest BCUT2D eigenvalue weighted by Crippen LogP contribution is 2.23. The maximum Gasteiger partial charge on any atom is 0.322 e. The molecular weight excluding hydrogens is 364 g/mol. The number of fused-ring (bicyclic) bond motifs is 1. The number of aliphatic carboxylic acids is 1. The molecular formula is C20H16N2O4S. The number of sulfonamides is 1. The van der Waals surface area contributed by atoms with E-state index in [1.54, 1.807) is 60.7 Å². The highest BCUT2D eigenvalue weighted by Gasteiger charge is 2.26. The standard InChI is InChI=1S/C20H16N2O4S/c21-13-15-10-8-14(9-11-15)12-18(20(23)24)22-27(25,26)19-7-3-5-16-4-1-2-6-17(16)19/h1-11,18,22H,12H2,(H,23,24)/t18-/m0/s1. The van der Waals surface area contributed by atoms with Crippen LogP contribution in [0, 0.1) is 11.3 Å². The van der Waals surface area contributed by atoms with Crippen molar-refractivity contribution in [3.8, 4) is 6.07 Å². The van der Waals surface area contributed by atoms with Crippen LogP contribution in [0.2, 0.25) is 0 Å². The molecule has 0 saturated heterocycles. The second kappa shape index (κ2) is 7.58. The molecule has 3 rings (SSSR count). The van der Waals surface area contributed by atoms with Gasteiger partial charge in [0.15, 0.2) is 0 Å². The van der Waals surface area contributed by atoms with Crippen LogP contribution in [0.15, 0.2) is 71.6 Å². The Morgan fingerprint density at radius 1 is 1.04 bits per heavy atom. The summed E-state index contributed by atoms with van der Waals surface area (Å²) >= 11 is 0. The minimum atomic E-state index is -4.05. The molecule has 0 aromatic heterocycles. The number of carboxylic acids is 1. The quantitative estimate of drug-likeness (QED) is 0.684. The van der Waals surface area contributed by atoms with E-state index >= 15 is 0 Å². The lowest BCUT2D eigenvalue weighted by atomic mass is 10.1. The molecule has 1 atom stereocenters. The van der Waals surface area contributed by atoms with Gasteiger partial charge in [-0.15, -0.1) is 0 Å². The minimum absolute atomic E-state index is 0.0340. The molecule has 0 fully saturated rings. The molecule has 3 aromatic carbocycles. The molecule has 0 amide bonds. The zero-order chi connectivity index (χ0) is 19.4. The van der Waals surface area contributed by atoms with Crippen molar-refractivity contribution in [2.45, 2.75) is 17.4 Å². The van der Waals surface area contributed by atoms with Crippen molar-refractivity contribution >= 4 is 26.8 Å². The Labute approximate surface area is 156 Å². The molecule has 136 valence electrons. The summed E-state index contributed by atoms with van der Waals surface area (Å²) in [5, 5.41) is 19.6. The third-order valence-electron chi connectivity index (χ3n) is 4.16. The van der Waals surface area contributed by atoms with E-state index in [0.29, 0.717) is 16.5 Å². The number of carbonyl (C=O) groups is 1. The van der Waals surface area contributed by atoms with Crippen LogP contribution < -0.4 is 4.72 Å². The van der Waals surface area contributed by atoms with Crippen molar-refractivity contribution < 1.29 is 18.3 Å². The van der Waals surface area contributed by atoms with E-state index in [4.69, 9.17) is 5.26 Å². The van der Waals surface area contributed by atoms with Crippen molar-refractivity contribution in [2.75, 3.05) is 0 Å². The first-order valence-electron chi connectivity index (χ1n) is 8.12. The number of benzene rings is 3. The van der Waals surface area contributed by atoms with Gasteiger partial charge in [-0.05, 0) is 35.6 Å². The van der Waals surface area contributed by atoms with Gasteiger partial charge >= 0.3 is 5.97 Å². The fraction of sp³-hybridized carbons (Fsp3) is 0.100. The van der Waals surface area contributed by atoms with Crippen molar-refractivity contribution in [2.24, 2.45) is 0 Å². The molecule has 0 spiro atoms. The summed E-state index contributed by atoms with van der Waals surface area (Å²) in [5.74, 6) is -1.27. The molecule has 0 saturated carbocycles. The molecule has 2 N–H and O–H groups in total. The van der Waals surface area contributed by atoms with Gasteiger partial charge in [0.25, 0.3) is 0 Å². The van der Waals surface area contributed by atoms with Gasteiger partial charge in [-0.25, -0.2) is 8.42 Å². The van der Waals surface area contributed by atoms with Gasteiger partial charge in [0, 0.05) is 5.39 Å². The summed E-state index contributed by atoms with van der Waals surface area (Å²) < 4.78 is 28.0. The van der Waals surface area contributed by atoms with Crippen LogP contribution in [0.25, 0.3) is 10.8 Å². The van der Waals surface area contributed by atoms with Crippen molar-refractivity contribution in [1.29, 1.82) is 5.26 Å². The van der Waals surface area contributed by atoms with E-state index in [1.165, 1.54) is 6.07 Å². The van der Waals surface area contributed by atoms with Gasteiger partial charge in [-0.2, -0.15) is 9.98 Å². The Morgan fingerprint density at radius 2 is 1.70 bits per heavy atom. The van der Waals surface area contributed by atoms with Crippen LogP contribution in [0.1, 0.15) is 11.1 Å². The Bertz CT molecular complexity index is 1130. The summed E-state index contributed by atoms with van der Waals surface area (Å²) in [6, 6.07) is 18.9. The van der Waals surface area contributed by atoms with Gasteiger partial charge in [-0.1, -0.05) is 48.5 Å². The van der Waals surface area contributed by atoms with Crippen LogP contribution in [0.4, 0.5) is 0 Å². The van der Waals surface area contributed by atoms with E-state index in [9.17, 15) is 18.3 Å². The summed E-state index contributed by atoms with van der Waals surface area (Å²) in [7, 11) is -4.05. The molecule has 0 aliphatic heterocycles. The van der Waals surface area contributed by atoms with Crippen LogP contribution >= 0.6 is 0 Å². The van der Waals surface area contributed by atoms with E-state index < -0.39 is 22.0 Å². The normalized spacial score (nSPS) is 12.4. The number of hydrogen-bond donors (Lipinski definition) is 2. The maximum atomic E-state index is 12.8. The van der Waals surface area contributed by atoms with E-state index in [1.807, 2.05) is 6.07 Å². The Morgan fingerprint density at radius 3 is 2.37 bits per heavy atom. The first kappa shape index (κ1) is 18.6. The number of nitrogens with zero attached hydrogens (tertiary/aromatic N) is 1. The van der Waals surface area contributed by atoms with Gasteiger partial charge < -0.3 is 5.11 Å². The van der Waals surface area contributed by atoms with Gasteiger partial charge in [-0.3, -0.25) is 4.79 Å². The smallest absolute Gasteiger partial charge is 0.322 e. The highest BCUT2D eigenvalue weighted by molar-refractivity contribution is 7.89. The predicted molar refractivity (Wildman–Crippen MR) is 101 cm³/mol. The molecule has 27 heavy (non-hydrogen) atoms. The fourth-order valence-electron chi connectivity index (χ4n) is 2.81. The average molecular weight is 380 g/mol. The number of nitriles is 1. The van der Waals surface area contributed by atoms with Crippen molar-refractivity contribution in [3.05, 3.63) is 77.9 Å². The summed E-state index contributed by atoms with van der Waals surface area (Å²) in [5.41, 5.74) is 1.06. The predicted octanol–water partition coefficient (Wildman–Crippen LogP) is 2.69. The molecule has 7 heteroatoms. The van der Waals surface area contributed by atoms with Gasteiger partial charge in [0.05, 0.1) is 16.5 Å². The molecule has 0 aliphatic rings. The lowest BCUT2D eigenvalue weighted by Crippen LogP contribution is -2.42. The van der Waals surface area contributed by atoms with E-state index in [0.717, 1.165) is 5.39 Å². The first-order chi connectivity index (χ1) is 12.9. The summed E-state index contributed by atoms with van der Waals surface area (Å²) in [6.07, 6.45) is -0.0367. The first-order valence-corrected chi connectivity index (χ1v) is 9.61. The number of hydrogen-bond acceptors (Lipinski definition) is 4. The van der Waals surface area contributed by atoms with Gasteiger partial charge in [0.1, 0.15) is 6.04 Å². The fourth-order valence-corrected chi connectivity index (χ4v) is 4.23. The number of carboxylic acid groups (broad SMARTS) is 1. The topological polar surface area (TPSA) is 107 Å². The Kier molecular flexibility index (Phi) is 5.21. The SMILES string of the molecule is N#Cc1ccc(C[C@H](NS(=O)(=O)c2cccc3ccccc23)C(=O)O)cc1. The van der Waals surface area contributed by atoms with E-state index in [-0.39, 0.29) is 11.3 Å². The Hall–Kier alpha value is -3.21. The second-order valence-corrected chi connectivity index (χ2v) is 7.68. The van der Waals surface area contributed by atoms with Crippen LogP contribution in [0.3, 0.4) is 0 Å². The van der Waals surface area contributed by atoms with Gasteiger partial charge in [0.2, 0.25) is 10.0 Å². The monoisotopic (exact) mass is 380 g/mol. The number of rotatable bonds is 6. The third-order valence-corrected chi connectivity index (χ3v) is 5.69. The second-order valence-electron chi connectivity index (χ2n) is 6.00. The van der Waals surface area contributed by atoms with Crippen LogP contribution in [-0.2, 0) is 21.2 Å². The van der Waals surface area contributed by atoms with E-state index in [2.05, 4.69) is 4.72 Å². The lowest BCUT2D eigenvalue weighted by Gasteiger charge is -2.16. The average Bonchev–Trinajstić information content (AvgIpc) is 2.67. The minimum Gasteiger partial charge on any atom is -0.480 e. The van der Waals surface area contributed by atoms with Crippen LogP contribution in [0.5, 0.6) is 0 Å². The molecule has 0 aliphatic carbocycles.